The van der Waals surface area contributed by atoms with Gasteiger partial charge in [0.25, 0.3) is 0 Å². The quantitative estimate of drug-likeness (QED) is 0.939. The number of piperidine rings is 1. The van der Waals surface area contributed by atoms with E-state index in [1.54, 1.807) is 6.20 Å². The van der Waals surface area contributed by atoms with Gasteiger partial charge < -0.3 is 14.6 Å². The molecule has 0 saturated carbocycles. The largest absolute Gasteiger partial charge is 0.478 e. The van der Waals surface area contributed by atoms with E-state index in [0.717, 1.165) is 37.1 Å². The highest BCUT2D eigenvalue weighted by Crippen LogP contribution is 2.25. The zero-order valence-electron chi connectivity index (χ0n) is 12.5. The summed E-state index contributed by atoms with van der Waals surface area (Å²) in [5.74, 6) is -0.198. The molecular formula is C17H22N2O2. The normalized spacial score (nSPS) is 17.4. The molecule has 0 unspecified atom stereocenters. The summed E-state index contributed by atoms with van der Waals surface area (Å²) in [5, 5.41) is 10.2. The maximum atomic E-state index is 11.4. The fourth-order valence-electron chi connectivity index (χ4n) is 3.33. The number of rotatable bonds is 4. The molecule has 4 heteroatoms. The van der Waals surface area contributed by atoms with Crippen LogP contribution < -0.4 is 0 Å². The second-order valence-corrected chi connectivity index (χ2v) is 5.90. The predicted molar refractivity (Wildman–Crippen MR) is 83.7 cm³/mol. The molecule has 1 saturated heterocycles. The van der Waals surface area contributed by atoms with Crippen LogP contribution in [0.3, 0.4) is 0 Å². The van der Waals surface area contributed by atoms with Crippen molar-refractivity contribution in [2.45, 2.75) is 26.3 Å². The summed E-state index contributed by atoms with van der Waals surface area (Å²) in [5.41, 5.74) is 1.45. The van der Waals surface area contributed by atoms with Crippen LogP contribution in [0.5, 0.6) is 0 Å². The molecule has 1 aliphatic heterocycles. The lowest BCUT2D eigenvalue weighted by molar-refractivity contribution is 0.0698. The van der Waals surface area contributed by atoms with Gasteiger partial charge in [-0.3, -0.25) is 0 Å². The van der Waals surface area contributed by atoms with Crippen molar-refractivity contribution in [3.05, 3.63) is 36.0 Å². The summed E-state index contributed by atoms with van der Waals surface area (Å²) in [4.78, 5) is 13.9. The molecule has 1 N–H and O–H groups in total. The van der Waals surface area contributed by atoms with Crippen LogP contribution >= 0.6 is 0 Å². The third-order valence-corrected chi connectivity index (χ3v) is 4.63. The molecule has 0 spiro atoms. The van der Waals surface area contributed by atoms with Gasteiger partial charge in [0.1, 0.15) is 0 Å². The summed E-state index contributed by atoms with van der Waals surface area (Å²) in [6, 6.07) is 7.79. The highest BCUT2D eigenvalue weighted by atomic mass is 16.4. The maximum Gasteiger partial charge on any atom is 0.337 e. The Labute approximate surface area is 125 Å². The molecule has 0 amide bonds. The van der Waals surface area contributed by atoms with Crippen molar-refractivity contribution < 1.29 is 9.90 Å². The summed E-state index contributed by atoms with van der Waals surface area (Å²) in [6.07, 6.45) is 4.20. The highest BCUT2D eigenvalue weighted by molar-refractivity contribution is 6.03. The lowest BCUT2D eigenvalue weighted by Gasteiger charge is -2.31. The molecule has 0 radical (unpaired) electrons. The van der Waals surface area contributed by atoms with E-state index >= 15 is 0 Å². The van der Waals surface area contributed by atoms with E-state index in [2.05, 4.69) is 16.4 Å². The average Bonchev–Trinajstić information content (AvgIpc) is 2.87. The van der Waals surface area contributed by atoms with Crippen molar-refractivity contribution in [1.29, 1.82) is 0 Å². The first-order valence-corrected chi connectivity index (χ1v) is 7.72. The Morgan fingerprint density at radius 1 is 1.29 bits per heavy atom. The number of fused-ring (bicyclic) bond motifs is 1. The van der Waals surface area contributed by atoms with Crippen molar-refractivity contribution in [3.8, 4) is 0 Å². The molecule has 0 atom stereocenters. The third-order valence-electron chi connectivity index (χ3n) is 4.63. The highest BCUT2D eigenvalue weighted by Gasteiger charge is 2.20. The van der Waals surface area contributed by atoms with Gasteiger partial charge in [0.2, 0.25) is 0 Å². The first-order valence-electron chi connectivity index (χ1n) is 7.72. The summed E-state index contributed by atoms with van der Waals surface area (Å²) >= 11 is 0. The fraction of sp³-hybridized carbons (Fsp3) is 0.471. The number of para-hydroxylation sites is 1. The zero-order chi connectivity index (χ0) is 14.8. The first-order chi connectivity index (χ1) is 10.2. The Morgan fingerprint density at radius 3 is 2.67 bits per heavy atom. The van der Waals surface area contributed by atoms with Gasteiger partial charge in [-0.05, 0) is 44.5 Å². The second kappa shape index (κ2) is 5.90. The van der Waals surface area contributed by atoms with Crippen LogP contribution in [-0.2, 0) is 6.54 Å². The monoisotopic (exact) mass is 286 g/mol. The lowest BCUT2D eigenvalue weighted by Crippen LogP contribution is -2.34. The minimum absolute atomic E-state index is 0.414. The van der Waals surface area contributed by atoms with E-state index in [9.17, 15) is 9.90 Å². The topological polar surface area (TPSA) is 45.5 Å². The summed E-state index contributed by atoms with van der Waals surface area (Å²) in [7, 11) is 0. The molecule has 0 bridgehead atoms. The first kappa shape index (κ1) is 14.1. The molecule has 4 nitrogen and oxygen atoms in total. The van der Waals surface area contributed by atoms with Crippen LogP contribution in [0.1, 0.15) is 30.1 Å². The number of aromatic nitrogens is 1. The van der Waals surface area contributed by atoms with Gasteiger partial charge in [-0.15, -0.1) is 0 Å². The van der Waals surface area contributed by atoms with Gasteiger partial charge in [0.05, 0.1) is 5.56 Å². The van der Waals surface area contributed by atoms with Gasteiger partial charge in [-0.2, -0.15) is 0 Å². The molecule has 1 fully saturated rings. The molecule has 112 valence electrons. The average molecular weight is 286 g/mol. The predicted octanol–water partition coefficient (Wildman–Crippen LogP) is 3.07. The Bertz CT molecular complexity index is 639. The standard InChI is InChI=1S/C17H22N2O2/c1-2-18-9-7-13(8-10-18)11-19-12-15(17(20)21)14-5-3-4-6-16(14)19/h3-6,12-13H,2,7-11H2,1H3,(H,20,21). The number of nitrogens with zero attached hydrogens (tertiary/aromatic N) is 2. The van der Waals surface area contributed by atoms with Crippen LogP contribution in [0, 0.1) is 5.92 Å². The number of likely N-dealkylation sites (tertiary alicyclic amines) is 1. The van der Waals surface area contributed by atoms with Crippen LogP contribution in [-0.4, -0.2) is 40.2 Å². The number of benzene rings is 1. The minimum Gasteiger partial charge on any atom is -0.478 e. The minimum atomic E-state index is -0.842. The van der Waals surface area contributed by atoms with E-state index in [4.69, 9.17) is 0 Å². The molecule has 1 aliphatic rings. The maximum absolute atomic E-state index is 11.4. The van der Waals surface area contributed by atoms with Crippen molar-refractivity contribution >= 4 is 16.9 Å². The van der Waals surface area contributed by atoms with Gasteiger partial charge in [0, 0.05) is 23.6 Å². The summed E-state index contributed by atoms with van der Waals surface area (Å²) in [6.45, 7) is 6.57. The Morgan fingerprint density at radius 2 is 2.00 bits per heavy atom. The van der Waals surface area contributed by atoms with Crippen LogP contribution in [0.2, 0.25) is 0 Å². The number of aromatic carboxylic acids is 1. The number of carboxylic acid groups (broad SMARTS) is 1. The zero-order valence-corrected chi connectivity index (χ0v) is 12.5. The van der Waals surface area contributed by atoms with Gasteiger partial charge in [0.15, 0.2) is 0 Å². The molecule has 2 heterocycles. The van der Waals surface area contributed by atoms with Gasteiger partial charge >= 0.3 is 5.97 Å². The van der Waals surface area contributed by atoms with Gasteiger partial charge in [-0.25, -0.2) is 4.79 Å². The van der Waals surface area contributed by atoms with Crippen molar-refractivity contribution in [2.24, 2.45) is 5.92 Å². The van der Waals surface area contributed by atoms with E-state index in [-0.39, 0.29) is 0 Å². The molecule has 3 rings (SSSR count). The van der Waals surface area contributed by atoms with Crippen LogP contribution in [0.15, 0.2) is 30.5 Å². The Balaban J connectivity index is 1.83. The van der Waals surface area contributed by atoms with E-state index in [1.165, 1.54) is 12.8 Å². The van der Waals surface area contributed by atoms with E-state index in [0.29, 0.717) is 11.5 Å². The molecular weight excluding hydrogens is 264 g/mol. The summed E-state index contributed by atoms with van der Waals surface area (Å²) < 4.78 is 2.13. The van der Waals surface area contributed by atoms with E-state index < -0.39 is 5.97 Å². The van der Waals surface area contributed by atoms with Gasteiger partial charge in [-0.1, -0.05) is 25.1 Å². The third kappa shape index (κ3) is 2.81. The SMILES string of the molecule is CCN1CCC(Cn2cc(C(=O)O)c3ccccc32)CC1. The fourth-order valence-corrected chi connectivity index (χ4v) is 3.33. The Hall–Kier alpha value is -1.81. The molecule has 2 aromatic rings. The van der Waals surface area contributed by atoms with Crippen LogP contribution in [0.25, 0.3) is 10.9 Å². The smallest absolute Gasteiger partial charge is 0.337 e. The molecule has 0 aliphatic carbocycles. The molecule has 1 aromatic heterocycles. The molecule has 21 heavy (non-hydrogen) atoms. The van der Waals surface area contributed by atoms with Crippen molar-refractivity contribution in [1.82, 2.24) is 9.47 Å². The number of carboxylic acids is 1. The molecule has 1 aromatic carbocycles. The number of carbonyl (C=O) groups is 1. The van der Waals surface area contributed by atoms with Crippen LogP contribution in [0.4, 0.5) is 0 Å². The van der Waals surface area contributed by atoms with Crippen molar-refractivity contribution in [2.75, 3.05) is 19.6 Å². The van der Waals surface area contributed by atoms with E-state index in [1.807, 2.05) is 24.3 Å². The Kier molecular flexibility index (Phi) is 3.97. The second-order valence-electron chi connectivity index (χ2n) is 5.90. The number of hydrogen-bond donors (Lipinski definition) is 1. The number of hydrogen-bond acceptors (Lipinski definition) is 2. The van der Waals surface area contributed by atoms with Crippen molar-refractivity contribution in [3.63, 3.8) is 0 Å². The lowest BCUT2D eigenvalue weighted by atomic mass is 9.97.